The molecular formula is C13H10ClFOS. The Kier molecular flexibility index (Phi) is 3.31. The van der Waals surface area contributed by atoms with Crippen LogP contribution in [0.5, 0.6) is 0 Å². The molecule has 0 aliphatic heterocycles. The van der Waals surface area contributed by atoms with Gasteiger partial charge in [0.1, 0.15) is 5.82 Å². The highest BCUT2D eigenvalue weighted by Gasteiger charge is 2.14. The molecule has 1 heterocycles. The van der Waals surface area contributed by atoms with E-state index in [0.717, 1.165) is 5.56 Å². The SMILES string of the molecule is Cc1cc(C(=O)c2cc(C)c(Cl)s2)ccc1F. The van der Waals surface area contributed by atoms with Gasteiger partial charge < -0.3 is 0 Å². The van der Waals surface area contributed by atoms with Crippen molar-refractivity contribution >= 4 is 28.7 Å². The van der Waals surface area contributed by atoms with Gasteiger partial charge in [0.25, 0.3) is 0 Å². The van der Waals surface area contributed by atoms with Crippen LogP contribution in [0, 0.1) is 19.7 Å². The third-order valence-electron chi connectivity index (χ3n) is 2.50. The van der Waals surface area contributed by atoms with E-state index in [1.165, 1.54) is 23.5 Å². The van der Waals surface area contributed by atoms with Crippen LogP contribution in [-0.2, 0) is 0 Å². The van der Waals surface area contributed by atoms with Crippen molar-refractivity contribution in [2.75, 3.05) is 0 Å². The first-order valence-corrected chi connectivity index (χ1v) is 6.25. The van der Waals surface area contributed by atoms with E-state index in [2.05, 4.69) is 0 Å². The van der Waals surface area contributed by atoms with Crippen LogP contribution < -0.4 is 0 Å². The summed E-state index contributed by atoms with van der Waals surface area (Å²) in [4.78, 5) is 12.7. The lowest BCUT2D eigenvalue weighted by atomic mass is 10.1. The van der Waals surface area contributed by atoms with E-state index in [-0.39, 0.29) is 11.6 Å². The van der Waals surface area contributed by atoms with Gasteiger partial charge in [0.2, 0.25) is 5.78 Å². The smallest absolute Gasteiger partial charge is 0.203 e. The molecule has 2 rings (SSSR count). The van der Waals surface area contributed by atoms with E-state index >= 15 is 0 Å². The summed E-state index contributed by atoms with van der Waals surface area (Å²) in [6.45, 7) is 3.49. The van der Waals surface area contributed by atoms with Crippen molar-refractivity contribution in [3.63, 3.8) is 0 Å². The quantitative estimate of drug-likeness (QED) is 0.739. The molecule has 0 aliphatic rings. The molecule has 4 heteroatoms. The molecule has 0 radical (unpaired) electrons. The number of hydrogen-bond acceptors (Lipinski definition) is 2. The van der Waals surface area contributed by atoms with Crippen LogP contribution >= 0.6 is 22.9 Å². The Hall–Kier alpha value is -1.19. The summed E-state index contributed by atoms with van der Waals surface area (Å²) in [5, 5.41) is 0. The van der Waals surface area contributed by atoms with Crippen molar-refractivity contribution < 1.29 is 9.18 Å². The highest BCUT2D eigenvalue weighted by Crippen LogP contribution is 2.28. The van der Waals surface area contributed by atoms with Crippen molar-refractivity contribution in [1.29, 1.82) is 0 Å². The van der Waals surface area contributed by atoms with Gasteiger partial charge in [-0.05, 0) is 49.2 Å². The molecule has 1 aromatic heterocycles. The molecular weight excluding hydrogens is 259 g/mol. The summed E-state index contributed by atoms with van der Waals surface area (Å²) < 4.78 is 13.7. The fraction of sp³-hybridized carbons (Fsp3) is 0.154. The Labute approximate surface area is 108 Å². The highest BCUT2D eigenvalue weighted by molar-refractivity contribution is 7.18. The molecule has 0 N–H and O–H groups in total. The minimum atomic E-state index is -0.304. The van der Waals surface area contributed by atoms with Crippen LogP contribution in [0.2, 0.25) is 4.34 Å². The predicted octanol–water partition coefficient (Wildman–Crippen LogP) is 4.39. The largest absolute Gasteiger partial charge is 0.288 e. The molecule has 0 amide bonds. The number of carbonyl (C=O) groups excluding carboxylic acids is 1. The number of aryl methyl sites for hydroxylation is 2. The summed E-state index contributed by atoms with van der Waals surface area (Å²) in [7, 11) is 0. The number of ketones is 1. The van der Waals surface area contributed by atoms with Crippen molar-refractivity contribution in [2.45, 2.75) is 13.8 Å². The molecule has 0 bridgehead atoms. The van der Waals surface area contributed by atoms with Crippen LogP contribution in [0.1, 0.15) is 26.4 Å². The predicted molar refractivity (Wildman–Crippen MR) is 68.6 cm³/mol. The zero-order valence-electron chi connectivity index (χ0n) is 9.38. The second-order valence-corrected chi connectivity index (χ2v) is 5.51. The summed E-state index contributed by atoms with van der Waals surface area (Å²) in [5.41, 5.74) is 1.84. The lowest BCUT2D eigenvalue weighted by Gasteiger charge is -2.00. The molecule has 1 aromatic carbocycles. The topological polar surface area (TPSA) is 17.1 Å². The Morgan fingerprint density at radius 3 is 2.47 bits per heavy atom. The normalized spacial score (nSPS) is 10.6. The fourth-order valence-corrected chi connectivity index (χ4v) is 2.66. The van der Waals surface area contributed by atoms with E-state index in [1.54, 1.807) is 19.1 Å². The van der Waals surface area contributed by atoms with Gasteiger partial charge in [0.15, 0.2) is 0 Å². The Bertz CT molecular complexity index is 570. The van der Waals surface area contributed by atoms with Crippen molar-refractivity contribution in [2.24, 2.45) is 0 Å². The Morgan fingerprint density at radius 2 is 1.94 bits per heavy atom. The maximum atomic E-state index is 13.1. The van der Waals surface area contributed by atoms with Gasteiger partial charge in [0, 0.05) is 5.56 Å². The summed E-state index contributed by atoms with van der Waals surface area (Å²) in [6, 6.07) is 6.12. The average Bonchev–Trinajstić information content (AvgIpc) is 2.62. The molecule has 0 saturated carbocycles. The summed E-state index contributed by atoms with van der Waals surface area (Å²) >= 11 is 7.17. The van der Waals surface area contributed by atoms with Gasteiger partial charge >= 0.3 is 0 Å². The van der Waals surface area contributed by atoms with E-state index in [1.807, 2.05) is 6.92 Å². The second kappa shape index (κ2) is 4.59. The monoisotopic (exact) mass is 268 g/mol. The molecule has 1 nitrogen and oxygen atoms in total. The first kappa shape index (κ1) is 12.3. The maximum absolute atomic E-state index is 13.1. The van der Waals surface area contributed by atoms with Gasteiger partial charge in [0.05, 0.1) is 9.21 Å². The number of benzene rings is 1. The minimum absolute atomic E-state index is 0.117. The number of halogens is 2. The number of carbonyl (C=O) groups is 1. The summed E-state index contributed by atoms with van der Waals surface area (Å²) in [6.07, 6.45) is 0. The van der Waals surface area contributed by atoms with Crippen LogP contribution in [0.15, 0.2) is 24.3 Å². The molecule has 0 unspecified atom stereocenters. The molecule has 2 aromatic rings. The van der Waals surface area contributed by atoms with Gasteiger partial charge in [-0.2, -0.15) is 0 Å². The Morgan fingerprint density at radius 1 is 1.24 bits per heavy atom. The zero-order chi connectivity index (χ0) is 12.6. The van der Waals surface area contributed by atoms with Crippen LogP contribution in [0.3, 0.4) is 0 Å². The first-order valence-electron chi connectivity index (χ1n) is 5.06. The minimum Gasteiger partial charge on any atom is -0.288 e. The second-order valence-electron chi connectivity index (χ2n) is 3.86. The van der Waals surface area contributed by atoms with Gasteiger partial charge in [-0.1, -0.05) is 11.6 Å². The average molecular weight is 269 g/mol. The van der Waals surface area contributed by atoms with Crippen molar-refractivity contribution in [1.82, 2.24) is 0 Å². The van der Waals surface area contributed by atoms with Crippen LogP contribution in [0.4, 0.5) is 4.39 Å². The highest BCUT2D eigenvalue weighted by atomic mass is 35.5. The third-order valence-corrected chi connectivity index (χ3v) is 4.06. The van der Waals surface area contributed by atoms with Gasteiger partial charge in [-0.15, -0.1) is 11.3 Å². The summed E-state index contributed by atoms with van der Waals surface area (Å²) in [5.74, 6) is -0.421. The van der Waals surface area contributed by atoms with E-state index < -0.39 is 0 Å². The molecule has 0 aliphatic carbocycles. The molecule has 0 atom stereocenters. The molecule has 0 spiro atoms. The zero-order valence-corrected chi connectivity index (χ0v) is 11.0. The molecule has 0 fully saturated rings. The number of rotatable bonds is 2. The fourth-order valence-electron chi connectivity index (χ4n) is 1.50. The standard InChI is InChI=1S/C13H10ClFOS/c1-7-5-9(3-4-10(7)15)12(16)11-6-8(2)13(14)17-11/h3-6H,1-2H3. The van der Waals surface area contributed by atoms with E-state index in [4.69, 9.17) is 11.6 Å². The lowest BCUT2D eigenvalue weighted by molar-refractivity contribution is 0.104. The number of thiophene rings is 1. The van der Waals surface area contributed by atoms with Crippen LogP contribution in [-0.4, -0.2) is 5.78 Å². The molecule has 17 heavy (non-hydrogen) atoms. The first-order chi connectivity index (χ1) is 7.99. The van der Waals surface area contributed by atoms with Gasteiger partial charge in [-0.25, -0.2) is 4.39 Å². The van der Waals surface area contributed by atoms with E-state index in [0.29, 0.717) is 20.3 Å². The van der Waals surface area contributed by atoms with Gasteiger partial charge in [-0.3, -0.25) is 4.79 Å². The van der Waals surface area contributed by atoms with Crippen molar-refractivity contribution in [3.8, 4) is 0 Å². The molecule has 88 valence electrons. The van der Waals surface area contributed by atoms with E-state index in [9.17, 15) is 9.18 Å². The lowest BCUT2D eigenvalue weighted by Crippen LogP contribution is -1.99. The Balaban J connectivity index is 2.40. The third kappa shape index (κ3) is 2.40. The van der Waals surface area contributed by atoms with Crippen molar-refractivity contribution in [3.05, 3.63) is 56.0 Å². The van der Waals surface area contributed by atoms with Crippen LogP contribution in [0.25, 0.3) is 0 Å². The number of hydrogen-bond donors (Lipinski definition) is 0. The molecule has 0 saturated heterocycles. The maximum Gasteiger partial charge on any atom is 0.203 e.